The molecule has 11 aromatic rings. The van der Waals surface area contributed by atoms with Crippen molar-refractivity contribution in [2.45, 2.75) is 52.4 Å². The minimum atomic E-state index is -0.131. The fourth-order valence-corrected chi connectivity index (χ4v) is 10.9. The van der Waals surface area contributed by atoms with Crippen LogP contribution in [0.2, 0.25) is 0 Å². The van der Waals surface area contributed by atoms with Gasteiger partial charge in [-0.3, -0.25) is 0 Å². The van der Waals surface area contributed by atoms with E-state index in [0.29, 0.717) is 0 Å². The van der Waals surface area contributed by atoms with Gasteiger partial charge in [0, 0.05) is 62.1 Å². The van der Waals surface area contributed by atoms with Crippen molar-refractivity contribution in [3.63, 3.8) is 0 Å². The van der Waals surface area contributed by atoms with Gasteiger partial charge in [0.05, 0.1) is 33.3 Å². The van der Waals surface area contributed by atoms with Crippen LogP contribution in [0.4, 0.5) is 0 Å². The van der Waals surface area contributed by atoms with Crippen molar-refractivity contribution >= 4 is 88.5 Å². The van der Waals surface area contributed by atoms with E-state index in [-0.39, 0.29) is 17.5 Å². The first-order valence-corrected chi connectivity index (χ1v) is 22.2. The summed E-state index contributed by atoms with van der Waals surface area (Å²) in [6.07, 6.45) is 0. The molecular formula is C57H46BN3O2. The second kappa shape index (κ2) is 12.5. The molecule has 0 N–H and O–H groups in total. The van der Waals surface area contributed by atoms with Crippen molar-refractivity contribution in [2.24, 2.45) is 7.05 Å². The van der Waals surface area contributed by atoms with Crippen LogP contribution in [0, 0.1) is 0 Å². The number of aromatic nitrogens is 3. The van der Waals surface area contributed by atoms with E-state index in [0.717, 1.165) is 67.3 Å². The third-order valence-electron chi connectivity index (χ3n) is 14.1. The molecule has 304 valence electrons. The van der Waals surface area contributed by atoms with Crippen molar-refractivity contribution in [3.05, 3.63) is 163 Å². The van der Waals surface area contributed by atoms with E-state index in [4.69, 9.17) is 9.47 Å². The zero-order valence-corrected chi connectivity index (χ0v) is 36.7. The topological polar surface area (TPSA) is 33.2 Å². The highest BCUT2D eigenvalue weighted by molar-refractivity contribution is 6.98. The van der Waals surface area contributed by atoms with Crippen LogP contribution in [-0.4, -0.2) is 20.4 Å². The Bertz CT molecular complexity index is 3670. The number of hydrogen-bond donors (Lipinski definition) is 0. The number of hydrogen-bond acceptors (Lipinski definition) is 2. The van der Waals surface area contributed by atoms with Gasteiger partial charge in [0.2, 0.25) is 0 Å². The number of para-hydroxylation sites is 3. The molecule has 0 unspecified atom stereocenters. The highest BCUT2D eigenvalue weighted by Gasteiger charge is 2.42. The van der Waals surface area contributed by atoms with Crippen LogP contribution in [0.5, 0.6) is 23.0 Å². The van der Waals surface area contributed by atoms with Gasteiger partial charge < -0.3 is 23.2 Å². The molecule has 13 rings (SSSR count). The molecule has 2 aliphatic rings. The summed E-state index contributed by atoms with van der Waals surface area (Å²) >= 11 is 0. The summed E-state index contributed by atoms with van der Waals surface area (Å²) in [6.45, 7) is 13.6. The van der Waals surface area contributed by atoms with E-state index in [1.54, 1.807) is 0 Å². The highest BCUT2D eigenvalue weighted by Crippen LogP contribution is 2.46. The summed E-state index contributed by atoms with van der Waals surface area (Å²) < 4.78 is 21.5. The molecular weight excluding hydrogens is 769 g/mol. The average molecular weight is 816 g/mol. The van der Waals surface area contributed by atoms with E-state index in [1.807, 2.05) is 0 Å². The lowest BCUT2D eigenvalue weighted by Crippen LogP contribution is -2.57. The molecule has 0 saturated heterocycles. The van der Waals surface area contributed by atoms with Crippen LogP contribution >= 0.6 is 0 Å². The molecule has 0 radical (unpaired) electrons. The number of benzene rings is 8. The van der Waals surface area contributed by atoms with Crippen LogP contribution in [0.15, 0.2) is 152 Å². The molecule has 0 bridgehead atoms. The van der Waals surface area contributed by atoms with Gasteiger partial charge in [-0.15, -0.1) is 0 Å². The molecule has 0 spiro atoms. The molecule has 0 saturated carbocycles. The van der Waals surface area contributed by atoms with Gasteiger partial charge in [-0.05, 0) is 99.6 Å². The van der Waals surface area contributed by atoms with E-state index >= 15 is 0 Å². The molecule has 3 aromatic heterocycles. The quantitative estimate of drug-likeness (QED) is 0.163. The number of aryl methyl sites for hydroxylation is 1. The first kappa shape index (κ1) is 36.5. The summed E-state index contributed by atoms with van der Waals surface area (Å²) in [4.78, 5) is 0. The lowest BCUT2D eigenvalue weighted by molar-refractivity contribution is 0.464. The largest absolute Gasteiger partial charge is 0.458 e. The molecule has 2 aliphatic heterocycles. The maximum absolute atomic E-state index is 7.29. The van der Waals surface area contributed by atoms with Gasteiger partial charge in [0.15, 0.2) is 0 Å². The van der Waals surface area contributed by atoms with Crippen LogP contribution in [-0.2, 0) is 17.9 Å². The molecule has 6 heteroatoms. The summed E-state index contributed by atoms with van der Waals surface area (Å²) in [5.41, 5.74) is 15.2. The van der Waals surface area contributed by atoms with E-state index < -0.39 is 0 Å². The Morgan fingerprint density at radius 3 is 1.60 bits per heavy atom. The van der Waals surface area contributed by atoms with Crippen molar-refractivity contribution in [2.75, 3.05) is 0 Å². The number of fused-ring (bicyclic) bond motifs is 13. The van der Waals surface area contributed by atoms with Crippen molar-refractivity contribution in [1.82, 2.24) is 13.7 Å². The Balaban J connectivity index is 1.09. The number of nitrogens with zero attached hydrogens (tertiary/aromatic N) is 3. The summed E-state index contributed by atoms with van der Waals surface area (Å²) in [7, 11) is 2.20. The van der Waals surface area contributed by atoms with Crippen molar-refractivity contribution in [1.29, 1.82) is 0 Å². The van der Waals surface area contributed by atoms with Crippen LogP contribution in [0.3, 0.4) is 0 Å². The lowest BCUT2D eigenvalue weighted by Gasteiger charge is -2.34. The van der Waals surface area contributed by atoms with Crippen molar-refractivity contribution < 1.29 is 9.47 Å². The molecule has 0 aliphatic carbocycles. The maximum Gasteiger partial charge on any atom is 0.260 e. The van der Waals surface area contributed by atoms with E-state index in [9.17, 15) is 0 Å². The standard InChI is InChI=1S/C57H46BN3O2/c1-56(2,3)33-23-27-46-39(29-33)40-30-34(57(4,5)6)24-28-47(40)60(46)35-25-26-41-51(31-35)62-49-21-14-22-50-53(49)58(41)42-32-48-52(38-17-10-11-18-43(38)59(48)7)54(55(42)63-50)61-44-19-12-8-15-36(44)37-16-9-13-20-45(37)61/h8-32H,1-7H3. The normalized spacial score (nSPS) is 13.5. The first-order chi connectivity index (χ1) is 30.4. The van der Waals surface area contributed by atoms with Gasteiger partial charge in [-0.2, -0.15) is 0 Å². The predicted molar refractivity (Wildman–Crippen MR) is 264 cm³/mol. The van der Waals surface area contributed by atoms with E-state index in [1.165, 1.54) is 60.0 Å². The third-order valence-corrected chi connectivity index (χ3v) is 14.1. The highest BCUT2D eigenvalue weighted by atomic mass is 16.5. The van der Waals surface area contributed by atoms with Gasteiger partial charge in [0.25, 0.3) is 6.71 Å². The lowest BCUT2D eigenvalue weighted by atomic mass is 9.34. The molecule has 5 nitrogen and oxygen atoms in total. The molecule has 0 atom stereocenters. The Kier molecular flexibility index (Phi) is 7.22. The first-order valence-electron chi connectivity index (χ1n) is 22.2. The van der Waals surface area contributed by atoms with Gasteiger partial charge in [-0.25, -0.2) is 0 Å². The molecule has 8 aromatic carbocycles. The fourth-order valence-electron chi connectivity index (χ4n) is 10.9. The minimum absolute atomic E-state index is 0.0231. The van der Waals surface area contributed by atoms with Gasteiger partial charge >= 0.3 is 0 Å². The molecule has 0 amide bonds. The number of rotatable bonds is 2. The summed E-state index contributed by atoms with van der Waals surface area (Å²) in [5.74, 6) is 3.39. The second-order valence-corrected chi connectivity index (χ2v) is 19.8. The molecule has 63 heavy (non-hydrogen) atoms. The third kappa shape index (κ3) is 5.01. The fraction of sp³-hybridized carbons (Fsp3) is 0.158. The minimum Gasteiger partial charge on any atom is -0.458 e. The summed E-state index contributed by atoms with van der Waals surface area (Å²) in [6, 6.07) is 55.9. The van der Waals surface area contributed by atoms with Crippen LogP contribution in [0.25, 0.3) is 76.8 Å². The SMILES string of the molecule is Cn1c2ccccc2c2c(-n3c4ccccc4c4ccccc43)c3c(cc21)B1c2ccc(-n4c5ccc(C(C)(C)C)cc5c5cc(C(C)(C)C)ccc54)cc2Oc2cccc(c21)O3. The van der Waals surface area contributed by atoms with Crippen LogP contribution < -0.4 is 25.9 Å². The Labute approximate surface area is 366 Å². The maximum atomic E-state index is 7.29. The molecule has 0 fully saturated rings. The second-order valence-electron chi connectivity index (χ2n) is 19.8. The van der Waals surface area contributed by atoms with Crippen molar-refractivity contribution in [3.8, 4) is 34.4 Å². The van der Waals surface area contributed by atoms with Gasteiger partial charge in [-0.1, -0.05) is 120 Å². The smallest absolute Gasteiger partial charge is 0.260 e. The zero-order chi connectivity index (χ0) is 42.7. The number of ether oxygens (including phenoxy) is 2. The Morgan fingerprint density at radius 2 is 0.984 bits per heavy atom. The average Bonchev–Trinajstić information content (AvgIpc) is 3.89. The Hall–Kier alpha value is -7.18. The van der Waals surface area contributed by atoms with E-state index in [2.05, 4.69) is 214 Å². The molecule has 5 heterocycles. The van der Waals surface area contributed by atoms with Gasteiger partial charge in [0.1, 0.15) is 23.0 Å². The monoisotopic (exact) mass is 815 g/mol. The zero-order valence-electron chi connectivity index (χ0n) is 36.7. The Morgan fingerprint density at radius 1 is 0.429 bits per heavy atom. The van der Waals surface area contributed by atoms with Crippen LogP contribution in [0.1, 0.15) is 52.7 Å². The predicted octanol–water partition coefficient (Wildman–Crippen LogP) is 12.8. The summed E-state index contributed by atoms with van der Waals surface area (Å²) in [5, 5.41) is 7.35.